The van der Waals surface area contributed by atoms with Gasteiger partial charge >= 0.3 is 0 Å². The van der Waals surface area contributed by atoms with E-state index in [1.165, 1.54) is 0 Å². The largest absolute Gasteiger partial charge is 0.508 e. The minimum absolute atomic E-state index is 0.0673. The third-order valence-corrected chi connectivity index (χ3v) is 6.23. The van der Waals surface area contributed by atoms with Crippen LogP contribution in [0.4, 0.5) is 0 Å². The van der Waals surface area contributed by atoms with Crippen LogP contribution in [-0.4, -0.2) is 22.1 Å². The molecule has 3 rings (SSSR count). The number of aliphatic hydroxyl groups excluding tert-OH is 1. The molecule has 4 atom stereocenters. The molecular weight excluding hydrogens is 276 g/mol. The summed E-state index contributed by atoms with van der Waals surface area (Å²) in [5.41, 5.74) is 2.21. The SMILES string of the molecule is Cc1ccc(O)cc1CC[C@@H]1C(=O)CC[C@]2(C)[C@@H](O)CC[C@@H]12. The molecule has 3 nitrogen and oxygen atoms in total. The lowest BCUT2D eigenvalue weighted by molar-refractivity contribution is -0.133. The Hall–Kier alpha value is -1.35. The number of phenols is 1. The average molecular weight is 302 g/mol. The van der Waals surface area contributed by atoms with E-state index in [0.717, 1.165) is 43.2 Å². The number of fused-ring (bicyclic) bond motifs is 1. The molecule has 1 aromatic rings. The van der Waals surface area contributed by atoms with E-state index in [2.05, 4.69) is 6.92 Å². The quantitative estimate of drug-likeness (QED) is 0.900. The summed E-state index contributed by atoms with van der Waals surface area (Å²) in [5.74, 6) is 1.05. The number of hydrogen-bond donors (Lipinski definition) is 2. The van der Waals surface area contributed by atoms with E-state index >= 15 is 0 Å². The van der Waals surface area contributed by atoms with Crippen molar-refractivity contribution >= 4 is 5.78 Å². The van der Waals surface area contributed by atoms with Crippen molar-refractivity contribution in [1.29, 1.82) is 0 Å². The third kappa shape index (κ3) is 2.56. The van der Waals surface area contributed by atoms with E-state index in [4.69, 9.17) is 0 Å². The van der Waals surface area contributed by atoms with Gasteiger partial charge in [0.05, 0.1) is 6.10 Å². The molecule has 2 aliphatic carbocycles. The van der Waals surface area contributed by atoms with Gasteiger partial charge in [-0.15, -0.1) is 0 Å². The lowest BCUT2D eigenvalue weighted by Crippen LogP contribution is -2.43. The number of Topliss-reactive ketones (excluding diaryl/α,β-unsaturated/α-hetero) is 1. The molecular formula is C19H26O3. The number of benzene rings is 1. The van der Waals surface area contributed by atoms with Crippen LogP contribution in [0.2, 0.25) is 0 Å². The summed E-state index contributed by atoms with van der Waals surface area (Å²) in [7, 11) is 0. The van der Waals surface area contributed by atoms with Gasteiger partial charge in [0.15, 0.2) is 0 Å². The summed E-state index contributed by atoms with van der Waals surface area (Å²) >= 11 is 0. The first kappa shape index (κ1) is 15.5. The second-order valence-corrected chi connectivity index (χ2v) is 7.43. The van der Waals surface area contributed by atoms with E-state index in [1.54, 1.807) is 6.07 Å². The van der Waals surface area contributed by atoms with Crippen molar-refractivity contribution in [1.82, 2.24) is 0 Å². The summed E-state index contributed by atoms with van der Waals surface area (Å²) in [5, 5.41) is 20.0. The maximum Gasteiger partial charge on any atom is 0.136 e. The minimum atomic E-state index is -0.254. The van der Waals surface area contributed by atoms with Crippen molar-refractivity contribution < 1.29 is 15.0 Å². The number of hydrogen-bond acceptors (Lipinski definition) is 3. The number of aryl methyl sites for hydroxylation is 2. The summed E-state index contributed by atoms with van der Waals surface area (Å²) < 4.78 is 0. The van der Waals surface area contributed by atoms with Crippen LogP contribution >= 0.6 is 0 Å². The highest BCUT2D eigenvalue weighted by molar-refractivity contribution is 5.82. The zero-order valence-corrected chi connectivity index (χ0v) is 13.5. The Morgan fingerprint density at radius 1 is 1.32 bits per heavy atom. The van der Waals surface area contributed by atoms with E-state index in [9.17, 15) is 15.0 Å². The normalized spacial score (nSPS) is 34.7. The highest BCUT2D eigenvalue weighted by Crippen LogP contribution is 2.54. The molecule has 0 aliphatic heterocycles. The molecule has 0 amide bonds. The van der Waals surface area contributed by atoms with Gasteiger partial charge in [-0.25, -0.2) is 0 Å². The molecule has 0 radical (unpaired) electrons. The van der Waals surface area contributed by atoms with Crippen molar-refractivity contribution in [2.75, 3.05) is 0 Å². The maximum absolute atomic E-state index is 12.4. The first-order valence-corrected chi connectivity index (χ1v) is 8.41. The Labute approximate surface area is 132 Å². The highest BCUT2D eigenvalue weighted by Gasteiger charge is 2.52. The maximum atomic E-state index is 12.4. The average Bonchev–Trinajstić information content (AvgIpc) is 2.78. The second-order valence-electron chi connectivity index (χ2n) is 7.43. The van der Waals surface area contributed by atoms with Gasteiger partial charge in [-0.3, -0.25) is 4.79 Å². The smallest absolute Gasteiger partial charge is 0.136 e. The Balaban J connectivity index is 1.76. The topological polar surface area (TPSA) is 57.5 Å². The molecule has 0 bridgehead atoms. The molecule has 2 saturated carbocycles. The molecule has 120 valence electrons. The highest BCUT2D eigenvalue weighted by atomic mass is 16.3. The predicted molar refractivity (Wildman–Crippen MR) is 85.7 cm³/mol. The van der Waals surface area contributed by atoms with E-state index < -0.39 is 0 Å². The Bertz CT molecular complexity index is 580. The van der Waals surface area contributed by atoms with Crippen molar-refractivity contribution in [2.24, 2.45) is 17.3 Å². The monoisotopic (exact) mass is 302 g/mol. The first-order valence-electron chi connectivity index (χ1n) is 8.41. The van der Waals surface area contributed by atoms with Crippen molar-refractivity contribution in [3.63, 3.8) is 0 Å². The predicted octanol–water partition coefficient (Wildman–Crippen LogP) is 3.39. The van der Waals surface area contributed by atoms with Gasteiger partial charge in [-0.1, -0.05) is 13.0 Å². The lowest BCUT2D eigenvalue weighted by Gasteiger charge is -2.42. The molecule has 2 N–H and O–H groups in total. The zero-order chi connectivity index (χ0) is 15.9. The lowest BCUT2D eigenvalue weighted by atomic mass is 9.62. The summed E-state index contributed by atoms with van der Waals surface area (Å²) in [6.45, 7) is 4.20. The van der Waals surface area contributed by atoms with Crippen molar-refractivity contribution in [3.8, 4) is 5.75 Å². The summed E-state index contributed by atoms with van der Waals surface area (Å²) in [6.07, 6.45) is 4.63. The molecule has 2 fully saturated rings. The number of aliphatic hydroxyl groups is 1. The molecule has 0 unspecified atom stereocenters. The van der Waals surface area contributed by atoms with Gasteiger partial charge in [0, 0.05) is 12.3 Å². The zero-order valence-electron chi connectivity index (χ0n) is 13.5. The Morgan fingerprint density at radius 2 is 2.09 bits per heavy atom. The Morgan fingerprint density at radius 3 is 2.86 bits per heavy atom. The van der Waals surface area contributed by atoms with E-state index in [-0.39, 0.29) is 23.2 Å². The van der Waals surface area contributed by atoms with Crippen LogP contribution in [-0.2, 0) is 11.2 Å². The summed E-state index contributed by atoms with van der Waals surface area (Å²) in [6, 6.07) is 5.44. The third-order valence-electron chi connectivity index (χ3n) is 6.23. The van der Waals surface area contributed by atoms with Crippen LogP contribution in [0.3, 0.4) is 0 Å². The molecule has 3 heteroatoms. The van der Waals surface area contributed by atoms with Crippen LogP contribution in [0.1, 0.15) is 50.2 Å². The molecule has 0 heterocycles. The molecule has 0 saturated heterocycles. The number of carbonyl (C=O) groups excluding carboxylic acids is 1. The molecule has 1 aromatic carbocycles. The van der Waals surface area contributed by atoms with E-state index in [1.807, 2.05) is 19.1 Å². The number of carbonyl (C=O) groups is 1. The number of aromatic hydroxyl groups is 1. The van der Waals surface area contributed by atoms with Gasteiger partial charge in [0.2, 0.25) is 0 Å². The summed E-state index contributed by atoms with van der Waals surface area (Å²) in [4.78, 5) is 12.4. The molecule has 2 aliphatic rings. The van der Waals surface area contributed by atoms with Gasteiger partial charge in [-0.05, 0) is 73.6 Å². The first-order chi connectivity index (χ1) is 10.4. The fourth-order valence-electron chi connectivity index (χ4n) is 4.66. The fourth-order valence-corrected chi connectivity index (χ4v) is 4.66. The van der Waals surface area contributed by atoms with Crippen LogP contribution in [0, 0.1) is 24.2 Å². The number of rotatable bonds is 3. The van der Waals surface area contributed by atoms with Crippen molar-refractivity contribution in [3.05, 3.63) is 29.3 Å². The van der Waals surface area contributed by atoms with Crippen LogP contribution in [0.5, 0.6) is 5.75 Å². The van der Waals surface area contributed by atoms with Gasteiger partial charge < -0.3 is 10.2 Å². The van der Waals surface area contributed by atoms with Crippen LogP contribution in [0.25, 0.3) is 0 Å². The molecule has 0 aromatic heterocycles. The van der Waals surface area contributed by atoms with Crippen LogP contribution < -0.4 is 0 Å². The number of phenolic OH excluding ortho intramolecular Hbond substituents is 1. The van der Waals surface area contributed by atoms with Gasteiger partial charge in [0.25, 0.3) is 0 Å². The van der Waals surface area contributed by atoms with E-state index in [0.29, 0.717) is 18.1 Å². The van der Waals surface area contributed by atoms with Crippen LogP contribution in [0.15, 0.2) is 18.2 Å². The minimum Gasteiger partial charge on any atom is -0.508 e. The fraction of sp³-hybridized carbons (Fsp3) is 0.632. The van der Waals surface area contributed by atoms with Gasteiger partial charge in [0.1, 0.15) is 11.5 Å². The number of ketones is 1. The standard InChI is InChI=1S/C19H26O3/c1-12-3-5-14(20)11-13(12)4-6-15-16-7-8-18(22)19(16,2)10-9-17(15)21/h3,5,11,15-16,18,20,22H,4,6-10H2,1-2H3/t15-,16-,18-,19-/m0/s1. The van der Waals surface area contributed by atoms with Gasteiger partial charge in [-0.2, -0.15) is 0 Å². The molecule has 0 spiro atoms. The Kier molecular flexibility index (Phi) is 4.02. The second kappa shape index (κ2) is 5.69. The molecule has 22 heavy (non-hydrogen) atoms. The van der Waals surface area contributed by atoms with Crippen molar-refractivity contribution in [2.45, 2.75) is 58.5 Å².